The van der Waals surface area contributed by atoms with Crippen molar-refractivity contribution in [3.63, 3.8) is 0 Å². The summed E-state index contributed by atoms with van der Waals surface area (Å²) in [6.07, 6.45) is 3.84. The first-order valence-electron chi connectivity index (χ1n) is 7.57. The number of rotatable bonds is 5. The summed E-state index contributed by atoms with van der Waals surface area (Å²) in [7, 11) is 1.55. The standard InChI is InChI=1S/C16H25N3O2/c1-12(11-19-8-4-3-5-9-19)18-16(20)13-6-7-14(17)15(10-13)21-2/h6-7,10,12H,3-5,8-9,11,17H2,1-2H3,(H,18,20). The molecule has 1 aliphatic rings. The number of hydrogen-bond donors (Lipinski definition) is 2. The maximum atomic E-state index is 12.3. The summed E-state index contributed by atoms with van der Waals surface area (Å²) in [6, 6.07) is 5.22. The minimum atomic E-state index is -0.0854. The number of methoxy groups -OCH3 is 1. The molecule has 5 nitrogen and oxygen atoms in total. The molecule has 1 aromatic carbocycles. The maximum Gasteiger partial charge on any atom is 0.251 e. The Kier molecular flexibility index (Phi) is 5.44. The van der Waals surface area contributed by atoms with Crippen molar-refractivity contribution < 1.29 is 9.53 Å². The van der Waals surface area contributed by atoms with Gasteiger partial charge in [0.15, 0.2) is 0 Å². The number of nitrogen functional groups attached to an aromatic ring is 1. The van der Waals surface area contributed by atoms with Crippen molar-refractivity contribution >= 4 is 11.6 Å². The average Bonchev–Trinajstić information content (AvgIpc) is 2.48. The zero-order valence-electron chi connectivity index (χ0n) is 12.9. The summed E-state index contributed by atoms with van der Waals surface area (Å²) < 4.78 is 5.15. The number of piperidine rings is 1. The zero-order valence-corrected chi connectivity index (χ0v) is 12.9. The van der Waals surface area contributed by atoms with Crippen LogP contribution in [0, 0.1) is 0 Å². The first-order valence-corrected chi connectivity index (χ1v) is 7.57. The van der Waals surface area contributed by atoms with Crippen molar-refractivity contribution in [2.45, 2.75) is 32.2 Å². The van der Waals surface area contributed by atoms with E-state index in [2.05, 4.69) is 10.2 Å². The highest BCUT2D eigenvalue weighted by molar-refractivity contribution is 5.95. The number of nitrogens with zero attached hydrogens (tertiary/aromatic N) is 1. The van der Waals surface area contributed by atoms with Crippen LogP contribution < -0.4 is 15.8 Å². The summed E-state index contributed by atoms with van der Waals surface area (Å²) in [5.41, 5.74) is 6.87. The molecule has 1 saturated heterocycles. The van der Waals surface area contributed by atoms with Gasteiger partial charge in [0.2, 0.25) is 0 Å². The lowest BCUT2D eigenvalue weighted by Gasteiger charge is -2.29. The predicted molar refractivity (Wildman–Crippen MR) is 84.6 cm³/mol. The lowest BCUT2D eigenvalue weighted by molar-refractivity contribution is 0.0925. The van der Waals surface area contributed by atoms with Gasteiger partial charge in [-0.2, -0.15) is 0 Å². The third-order valence-corrected chi connectivity index (χ3v) is 3.85. The van der Waals surface area contributed by atoms with Crippen molar-refractivity contribution in [2.75, 3.05) is 32.5 Å². The fourth-order valence-electron chi connectivity index (χ4n) is 2.73. The van der Waals surface area contributed by atoms with Gasteiger partial charge >= 0.3 is 0 Å². The average molecular weight is 291 g/mol. The smallest absolute Gasteiger partial charge is 0.251 e. The molecule has 1 unspecified atom stereocenters. The number of carbonyl (C=O) groups excluding carboxylic acids is 1. The summed E-state index contributed by atoms with van der Waals surface area (Å²) in [5, 5.41) is 3.04. The maximum absolute atomic E-state index is 12.3. The van der Waals surface area contributed by atoms with Crippen molar-refractivity contribution in [1.82, 2.24) is 10.2 Å². The van der Waals surface area contributed by atoms with Crippen LogP contribution in [0.25, 0.3) is 0 Å². The first-order chi connectivity index (χ1) is 10.1. The molecular weight excluding hydrogens is 266 g/mol. The second-order valence-electron chi connectivity index (χ2n) is 5.69. The van der Waals surface area contributed by atoms with Crippen LogP contribution in [-0.4, -0.2) is 43.6 Å². The van der Waals surface area contributed by atoms with Crippen LogP contribution in [0.15, 0.2) is 18.2 Å². The Bertz CT molecular complexity index is 484. The fourth-order valence-corrected chi connectivity index (χ4v) is 2.73. The van der Waals surface area contributed by atoms with Gasteiger partial charge in [-0.1, -0.05) is 6.42 Å². The van der Waals surface area contributed by atoms with E-state index in [1.807, 2.05) is 6.92 Å². The van der Waals surface area contributed by atoms with Gasteiger partial charge < -0.3 is 20.7 Å². The van der Waals surface area contributed by atoms with Crippen molar-refractivity contribution in [1.29, 1.82) is 0 Å². The van der Waals surface area contributed by atoms with E-state index in [-0.39, 0.29) is 11.9 Å². The van der Waals surface area contributed by atoms with Crippen LogP contribution in [0.1, 0.15) is 36.5 Å². The minimum absolute atomic E-state index is 0.0854. The summed E-state index contributed by atoms with van der Waals surface area (Å²) in [5.74, 6) is 0.448. The quantitative estimate of drug-likeness (QED) is 0.813. The van der Waals surface area contributed by atoms with E-state index >= 15 is 0 Å². The topological polar surface area (TPSA) is 67.6 Å². The zero-order chi connectivity index (χ0) is 15.2. The van der Waals surface area contributed by atoms with E-state index in [0.717, 1.165) is 19.6 Å². The van der Waals surface area contributed by atoms with E-state index in [9.17, 15) is 4.79 Å². The number of likely N-dealkylation sites (tertiary alicyclic amines) is 1. The van der Waals surface area contributed by atoms with Crippen LogP contribution in [-0.2, 0) is 0 Å². The molecule has 0 radical (unpaired) electrons. The lowest BCUT2D eigenvalue weighted by atomic mass is 10.1. The lowest BCUT2D eigenvalue weighted by Crippen LogP contribution is -2.43. The van der Waals surface area contributed by atoms with Gasteiger partial charge in [-0.3, -0.25) is 4.79 Å². The number of benzene rings is 1. The van der Waals surface area contributed by atoms with E-state index in [1.54, 1.807) is 25.3 Å². The second kappa shape index (κ2) is 7.31. The van der Waals surface area contributed by atoms with Gasteiger partial charge in [-0.15, -0.1) is 0 Å². The van der Waals surface area contributed by atoms with Gasteiger partial charge in [0.05, 0.1) is 12.8 Å². The highest BCUT2D eigenvalue weighted by Crippen LogP contribution is 2.22. The molecule has 1 atom stereocenters. The van der Waals surface area contributed by atoms with Gasteiger partial charge in [-0.25, -0.2) is 0 Å². The second-order valence-corrected chi connectivity index (χ2v) is 5.69. The Hall–Kier alpha value is -1.75. The number of nitrogens with two attached hydrogens (primary N) is 1. The molecule has 0 saturated carbocycles. The monoisotopic (exact) mass is 291 g/mol. The van der Waals surface area contributed by atoms with Crippen molar-refractivity contribution in [2.24, 2.45) is 0 Å². The highest BCUT2D eigenvalue weighted by Gasteiger charge is 2.16. The third-order valence-electron chi connectivity index (χ3n) is 3.85. The van der Waals surface area contributed by atoms with Crippen molar-refractivity contribution in [3.05, 3.63) is 23.8 Å². The Morgan fingerprint density at radius 1 is 1.38 bits per heavy atom. The molecule has 1 aromatic rings. The molecule has 2 rings (SSSR count). The number of amides is 1. The number of nitrogens with one attached hydrogen (secondary N) is 1. The van der Waals surface area contributed by atoms with Crippen LogP contribution >= 0.6 is 0 Å². The van der Waals surface area contributed by atoms with Crippen molar-refractivity contribution in [3.8, 4) is 5.75 Å². The summed E-state index contributed by atoms with van der Waals surface area (Å²) in [4.78, 5) is 14.7. The fraction of sp³-hybridized carbons (Fsp3) is 0.562. The van der Waals surface area contributed by atoms with E-state index < -0.39 is 0 Å². The van der Waals surface area contributed by atoms with E-state index in [0.29, 0.717) is 17.0 Å². The molecule has 0 bridgehead atoms. The molecule has 21 heavy (non-hydrogen) atoms. The predicted octanol–water partition coefficient (Wildman–Crippen LogP) is 1.88. The normalized spacial score (nSPS) is 17.2. The Morgan fingerprint density at radius 2 is 2.10 bits per heavy atom. The molecule has 0 aromatic heterocycles. The Balaban J connectivity index is 1.90. The molecular formula is C16H25N3O2. The van der Waals surface area contributed by atoms with Gasteiger partial charge in [0.1, 0.15) is 5.75 Å². The van der Waals surface area contributed by atoms with Gasteiger partial charge in [-0.05, 0) is 51.1 Å². The Morgan fingerprint density at radius 3 is 2.76 bits per heavy atom. The van der Waals surface area contributed by atoms with Crippen LogP contribution in [0.5, 0.6) is 5.75 Å². The molecule has 5 heteroatoms. The number of carbonyl (C=O) groups is 1. The highest BCUT2D eigenvalue weighted by atomic mass is 16.5. The molecule has 1 heterocycles. The number of anilines is 1. The van der Waals surface area contributed by atoms with E-state index in [1.165, 1.54) is 19.3 Å². The molecule has 116 valence electrons. The molecule has 3 N–H and O–H groups in total. The van der Waals surface area contributed by atoms with Crippen LogP contribution in [0.2, 0.25) is 0 Å². The van der Waals surface area contributed by atoms with Gasteiger partial charge in [0, 0.05) is 18.2 Å². The number of hydrogen-bond acceptors (Lipinski definition) is 4. The van der Waals surface area contributed by atoms with E-state index in [4.69, 9.17) is 10.5 Å². The number of ether oxygens (including phenoxy) is 1. The molecule has 1 aliphatic heterocycles. The van der Waals surface area contributed by atoms with Crippen LogP contribution in [0.4, 0.5) is 5.69 Å². The van der Waals surface area contributed by atoms with Gasteiger partial charge in [0.25, 0.3) is 5.91 Å². The molecule has 0 spiro atoms. The Labute approximate surface area is 126 Å². The third kappa shape index (κ3) is 4.36. The van der Waals surface area contributed by atoms with Crippen LogP contribution in [0.3, 0.4) is 0 Å². The molecule has 0 aliphatic carbocycles. The molecule has 1 fully saturated rings. The summed E-state index contributed by atoms with van der Waals surface area (Å²) >= 11 is 0. The first kappa shape index (κ1) is 15.6. The summed E-state index contributed by atoms with van der Waals surface area (Å²) in [6.45, 7) is 5.21. The largest absolute Gasteiger partial charge is 0.495 e. The SMILES string of the molecule is COc1cc(C(=O)NC(C)CN2CCCCC2)ccc1N. The minimum Gasteiger partial charge on any atom is -0.495 e. The molecule has 1 amide bonds.